The van der Waals surface area contributed by atoms with Crippen LogP contribution >= 0.6 is 22.7 Å². The van der Waals surface area contributed by atoms with Crippen molar-refractivity contribution in [3.63, 3.8) is 0 Å². The molecule has 24 heavy (non-hydrogen) atoms. The fraction of sp³-hybridized carbons (Fsp3) is 0.294. The quantitative estimate of drug-likeness (QED) is 0.800. The molecule has 3 heterocycles. The first kappa shape index (κ1) is 16.9. The van der Waals surface area contributed by atoms with Crippen molar-refractivity contribution in [2.75, 3.05) is 20.3 Å². The molecule has 1 amide bonds. The average molecular weight is 363 g/mol. The summed E-state index contributed by atoms with van der Waals surface area (Å²) >= 11 is 2.78. The van der Waals surface area contributed by atoms with Crippen LogP contribution in [0.25, 0.3) is 0 Å². The van der Waals surface area contributed by atoms with E-state index >= 15 is 0 Å². The first-order chi connectivity index (χ1) is 11.6. The summed E-state index contributed by atoms with van der Waals surface area (Å²) in [5, 5.41) is 14.1. The molecule has 1 N–H and O–H groups in total. The summed E-state index contributed by atoms with van der Waals surface area (Å²) < 4.78 is 5.08. The maximum atomic E-state index is 12.9. The van der Waals surface area contributed by atoms with Crippen molar-refractivity contribution in [1.82, 2.24) is 4.90 Å². The van der Waals surface area contributed by atoms with Gasteiger partial charge >= 0.3 is 0 Å². The molecule has 3 rings (SSSR count). The molecule has 0 saturated carbocycles. The minimum absolute atomic E-state index is 0.157. The number of carbonyl (C=O) groups is 2. The Bertz CT molecular complexity index is 791. The summed E-state index contributed by atoms with van der Waals surface area (Å²) in [6.07, 6.45) is 0. The minimum Gasteiger partial charge on any atom is -0.503 e. The number of rotatable bonds is 6. The lowest BCUT2D eigenvalue weighted by Gasteiger charge is -2.26. The van der Waals surface area contributed by atoms with E-state index in [4.69, 9.17) is 4.74 Å². The zero-order chi connectivity index (χ0) is 17.3. The van der Waals surface area contributed by atoms with E-state index in [2.05, 4.69) is 0 Å². The van der Waals surface area contributed by atoms with Gasteiger partial charge < -0.3 is 14.7 Å². The molecule has 7 heteroatoms. The van der Waals surface area contributed by atoms with Gasteiger partial charge in [-0.3, -0.25) is 9.59 Å². The number of nitrogens with zero attached hydrogens (tertiary/aromatic N) is 1. The van der Waals surface area contributed by atoms with Crippen LogP contribution < -0.4 is 0 Å². The van der Waals surface area contributed by atoms with Crippen LogP contribution in [-0.4, -0.2) is 42.0 Å². The van der Waals surface area contributed by atoms with Crippen molar-refractivity contribution in [3.8, 4) is 0 Å². The van der Waals surface area contributed by atoms with Gasteiger partial charge in [-0.2, -0.15) is 0 Å². The monoisotopic (exact) mass is 363 g/mol. The van der Waals surface area contributed by atoms with Gasteiger partial charge in [0.25, 0.3) is 5.91 Å². The Morgan fingerprint density at radius 3 is 2.71 bits per heavy atom. The standard InChI is InChI=1S/C17H17NO4S2/c1-10-5-9-24-16(10)13-12(14(19)11-4-3-8-23-11)15(20)17(21)18(13)6-7-22-2/h3-5,8-9,13,20H,6-7H2,1-2H3. The molecule has 0 saturated heterocycles. The van der Waals surface area contributed by atoms with Gasteiger partial charge in [-0.05, 0) is 35.4 Å². The van der Waals surface area contributed by atoms with Crippen molar-refractivity contribution >= 4 is 34.4 Å². The van der Waals surface area contributed by atoms with Gasteiger partial charge in [0.2, 0.25) is 5.78 Å². The van der Waals surface area contributed by atoms with Crippen molar-refractivity contribution in [2.24, 2.45) is 0 Å². The Balaban J connectivity index is 2.07. The zero-order valence-electron chi connectivity index (χ0n) is 13.3. The van der Waals surface area contributed by atoms with Crippen LogP contribution in [0.5, 0.6) is 0 Å². The number of carbonyl (C=O) groups excluding carboxylic acids is 2. The second-order valence-electron chi connectivity index (χ2n) is 5.43. The maximum absolute atomic E-state index is 12.9. The van der Waals surface area contributed by atoms with Crippen LogP contribution in [0.4, 0.5) is 0 Å². The van der Waals surface area contributed by atoms with Crippen molar-refractivity contribution in [3.05, 3.63) is 55.6 Å². The third-order valence-electron chi connectivity index (χ3n) is 3.98. The summed E-state index contributed by atoms with van der Waals surface area (Å²) in [6, 6.07) is 4.86. The average Bonchev–Trinajstić information content (AvgIpc) is 3.28. The summed E-state index contributed by atoms with van der Waals surface area (Å²) in [5.74, 6) is -1.28. The van der Waals surface area contributed by atoms with Gasteiger partial charge in [0.05, 0.1) is 17.1 Å². The lowest BCUT2D eigenvalue weighted by molar-refractivity contribution is -0.130. The Morgan fingerprint density at radius 2 is 2.12 bits per heavy atom. The van der Waals surface area contributed by atoms with E-state index < -0.39 is 17.7 Å². The maximum Gasteiger partial charge on any atom is 0.290 e. The van der Waals surface area contributed by atoms with E-state index in [1.165, 1.54) is 27.6 Å². The summed E-state index contributed by atoms with van der Waals surface area (Å²) in [5.41, 5.74) is 1.15. The molecule has 2 aromatic rings. The molecule has 0 fully saturated rings. The van der Waals surface area contributed by atoms with Crippen LogP contribution in [-0.2, 0) is 9.53 Å². The third kappa shape index (κ3) is 2.79. The number of ether oxygens (including phenoxy) is 1. The van der Waals surface area contributed by atoms with Gasteiger partial charge in [-0.25, -0.2) is 0 Å². The topological polar surface area (TPSA) is 66.8 Å². The second kappa shape index (κ2) is 6.88. The highest BCUT2D eigenvalue weighted by molar-refractivity contribution is 7.12. The highest BCUT2D eigenvalue weighted by Gasteiger charge is 2.44. The number of thiophene rings is 2. The Kier molecular flexibility index (Phi) is 4.84. The first-order valence-electron chi connectivity index (χ1n) is 7.41. The Labute approximate surface area is 147 Å². The lowest BCUT2D eigenvalue weighted by Crippen LogP contribution is -2.33. The largest absolute Gasteiger partial charge is 0.503 e. The number of hydrogen-bond acceptors (Lipinski definition) is 6. The fourth-order valence-electron chi connectivity index (χ4n) is 2.78. The summed E-state index contributed by atoms with van der Waals surface area (Å²) in [4.78, 5) is 28.3. The van der Waals surface area contributed by atoms with Gasteiger partial charge in [-0.15, -0.1) is 22.7 Å². The van der Waals surface area contributed by atoms with E-state index in [0.29, 0.717) is 18.0 Å². The lowest BCUT2D eigenvalue weighted by atomic mass is 9.99. The van der Waals surface area contributed by atoms with Gasteiger partial charge in [0, 0.05) is 18.5 Å². The minimum atomic E-state index is -0.567. The molecular weight excluding hydrogens is 346 g/mol. The van der Waals surface area contributed by atoms with E-state index in [0.717, 1.165) is 10.4 Å². The molecule has 1 aliphatic rings. The number of aliphatic hydroxyl groups excluding tert-OH is 1. The molecule has 0 spiro atoms. The molecule has 1 aliphatic heterocycles. The smallest absolute Gasteiger partial charge is 0.290 e. The second-order valence-corrected chi connectivity index (χ2v) is 7.33. The van der Waals surface area contributed by atoms with E-state index in [-0.39, 0.29) is 11.4 Å². The van der Waals surface area contributed by atoms with E-state index in [1.54, 1.807) is 24.6 Å². The van der Waals surface area contributed by atoms with E-state index in [1.807, 2.05) is 18.4 Å². The van der Waals surface area contributed by atoms with Crippen molar-refractivity contribution < 1.29 is 19.4 Å². The van der Waals surface area contributed by atoms with Crippen molar-refractivity contribution in [1.29, 1.82) is 0 Å². The Hall–Kier alpha value is -1.96. The van der Waals surface area contributed by atoms with Crippen LogP contribution in [0, 0.1) is 6.92 Å². The number of Topliss-reactive ketones (excluding diaryl/α,β-unsaturated/α-hetero) is 1. The fourth-order valence-corrected chi connectivity index (χ4v) is 4.51. The number of amides is 1. The van der Waals surface area contributed by atoms with Crippen LogP contribution in [0.2, 0.25) is 0 Å². The number of hydrogen-bond donors (Lipinski definition) is 1. The Morgan fingerprint density at radius 1 is 1.33 bits per heavy atom. The highest BCUT2D eigenvalue weighted by atomic mass is 32.1. The number of methoxy groups -OCH3 is 1. The number of ketones is 1. The predicted octanol–water partition coefficient (Wildman–Crippen LogP) is 3.34. The molecule has 1 atom stereocenters. The number of aryl methyl sites for hydroxylation is 1. The SMILES string of the molecule is COCCN1C(=O)C(O)=C(C(=O)c2cccs2)C1c1sccc1C. The van der Waals surface area contributed by atoms with Gasteiger partial charge in [0.15, 0.2) is 5.76 Å². The number of aliphatic hydroxyl groups is 1. The molecule has 126 valence electrons. The molecule has 0 radical (unpaired) electrons. The molecule has 0 bridgehead atoms. The van der Waals surface area contributed by atoms with Crippen LogP contribution in [0.15, 0.2) is 40.3 Å². The molecule has 0 aromatic carbocycles. The zero-order valence-corrected chi connectivity index (χ0v) is 14.9. The summed E-state index contributed by atoms with van der Waals surface area (Å²) in [7, 11) is 1.55. The molecule has 5 nitrogen and oxygen atoms in total. The van der Waals surface area contributed by atoms with Gasteiger partial charge in [0.1, 0.15) is 6.04 Å². The highest BCUT2D eigenvalue weighted by Crippen LogP contribution is 2.42. The predicted molar refractivity (Wildman–Crippen MR) is 93.7 cm³/mol. The van der Waals surface area contributed by atoms with Crippen LogP contribution in [0.1, 0.15) is 26.2 Å². The van der Waals surface area contributed by atoms with Crippen LogP contribution in [0.3, 0.4) is 0 Å². The molecule has 1 unspecified atom stereocenters. The molecule has 0 aliphatic carbocycles. The third-order valence-corrected chi connectivity index (χ3v) is 5.92. The normalized spacial score (nSPS) is 17.8. The first-order valence-corrected chi connectivity index (χ1v) is 9.17. The molecular formula is C17H17NO4S2. The molecule has 2 aromatic heterocycles. The van der Waals surface area contributed by atoms with Crippen molar-refractivity contribution in [2.45, 2.75) is 13.0 Å². The summed E-state index contributed by atoms with van der Waals surface area (Å²) in [6.45, 7) is 2.58. The van der Waals surface area contributed by atoms with E-state index in [9.17, 15) is 14.7 Å². The van der Waals surface area contributed by atoms with Gasteiger partial charge in [-0.1, -0.05) is 6.07 Å².